The second kappa shape index (κ2) is 11.7. The van der Waals surface area contributed by atoms with Crippen molar-refractivity contribution in [3.05, 3.63) is 77.4 Å². The van der Waals surface area contributed by atoms with Gasteiger partial charge >= 0.3 is 29.6 Å². The minimum atomic E-state index is -0.472. The van der Waals surface area contributed by atoms with Crippen LogP contribution in [-0.2, 0) is 20.2 Å². The van der Waals surface area contributed by atoms with Crippen LogP contribution in [0.2, 0.25) is 0 Å². The summed E-state index contributed by atoms with van der Waals surface area (Å²) in [6.07, 6.45) is 0.951. The first kappa shape index (κ1) is 30.6. The van der Waals surface area contributed by atoms with E-state index in [0.717, 1.165) is 35.2 Å². The third-order valence-corrected chi connectivity index (χ3v) is 7.31. The maximum Gasteiger partial charge on any atom is 1.00 e. The first-order chi connectivity index (χ1) is 17.3. The van der Waals surface area contributed by atoms with E-state index < -0.39 is 5.41 Å². The fourth-order valence-electron chi connectivity index (χ4n) is 5.18. The predicted molar refractivity (Wildman–Crippen MR) is 144 cm³/mol. The van der Waals surface area contributed by atoms with Crippen molar-refractivity contribution in [1.29, 1.82) is 0 Å². The van der Waals surface area contributed by atoms with Crippen LogP contribution in [0.25, 0.3) is 16.7 Å². The zero-order valence-corrected chi connectivity index (χ0v) is 26.2. The van der Waals surface area contributed by atoms with Gasteiger partial charge < -0.3 is 10.4 Å². The number of rotatable bonds is 8. The van der Waals surface area contributed by atoms with E-state index in [2.05, 4.69) is 86.2 Å². The summed E-state index contributed by atoms with van der Waals surface area (Å²) in [6, 6.07) is 19.6. The van der Waals surface area contributed by atoms with E-state index in [-0.39, 0.29) is 46.1 Å². The second-order valence-electron chi connectivity index (χ2n) is 11.9. The number of aromatic hydroxyl groups is 1. The molecule has 0 saturated heterocycles. The first-order valence-electron chi connectivity index (χ1n) is 12.3. The van der Waals surface area contributed by atoms with Gasteiger partial charge in [0.25, 0.3) is 0 Å². The minimum Gasteiger partial charge on any atom is -0.691 e. The Morgan fingerprint density at radius 1 is 0.868 bits per heavy atom. The van der Waals surface area contributed by atoms with Crippen LogP contribution in [0.4, 0.5) is 0 Å². The Morgan fingerprint density at radius 3 is 2.16 bits per heavy atom. The predicted octanol–water partition coefficient (Wildman–Crippen LogP) is 3.40. The number of benzene rings is 3. The zero-order valence-electron chi connectivity index (χ0n) is 23.4. The van der Waals surface area contributed by atoms with E-state index in [4.69, 9.17) is 0 Å². The molecule has 1 aromatic heterocycles. The van der Waals surface area contributed by atoms with Crippen molar-refractivity contribution in [2.75, 3.05) is 0 Å². The summed E-state index contributed by atoms with van der Waals surface area (Å²) in [5, 5.41) is 34.7. The van der Waals surface area contributed by atoms with E-state index in [0.29, 0.717) is 21.6 Å². The Balaban J connectivity index is 0.00000400. The number of nitrogens with zero attached hydrogens (tertiary/aromatic N) is 3. The Bertz CT molecular complexity index is 1400. The maximum atomic E-state index is 11.7. The summed E-state index contributed by atoms with van der Waals surface area (Å²) in [7, 11) is 0. The van der Waals surface area contributed by atoms with Crippen molar-refractivity contribution < 1.29 is 49.3 Å². The molecule has 1 heterocycles. The van der Waals surface area contributed by atoms with Gasteiger partial charge in [-0.05, 0) is 52.6 Å². The third kappa shape index (κ3) is 6.62. The van der Waals surface area contributed by atoms with Gasteiger partial charge in [0.1, 0.15) is 22.5 Å². The molecular weight excluding hydrogens is 509 g/mol. The molecule has 0 atom stereocenters. The molecule has 0 amide bonds. The van der Waals surface area contributed by atoms with E-state index >= 15 is 0 Å². The molecule has 38 heavy (non-hydrogen) atoms. The number of hydrogen-bond donors (Lipinski definition) is 1. The van der Waals surface area contributed by atoms with E-state index in [9.17, 15) is 10.4 Å². The molecular formula is C29H34N3NaO4S. The van der Waals surface area contributed by atoms with Crippen LogP contribution in [-0.4, -0.2) is 20.1 Å². The number of phenolic OH excluding ortho intramolecular Hbond substituents is 1. The van der Waals surface area contributed by atoms with Crippen molar-refractivity contribution in [2.24, 2.45) is 5.41 Å². The van der Waals surface area contributed by atoms with Crippen molar-refractivity contribution in [1.82, 2.24) is 15.0 Å². The molecule has 9 heteroatoms. The average molecular weight is 544 g/mol. The van der Waals surface area contributed by atoms with Crippen LogP contribution < -0.4 is 34.8 Å². The summed E-state index contributed by atoms with van der Waals surface area (Å²) in [4.78, 5) is 2.13. The van der Waals surface area contributed by atoms with Gasteiger partial charge in [0.05, 0.1) is 12.0 Å². The van der Waals surface area contributed by atoms with Crippen LogP contribution in [0.5, 0.6) is 5.75 Å². The number of hydrogen-bond acceptors (Lipinski definition) is 7. The minimum absolute atomic E-state index is 0. The molecule has 1 N–H and O–H groups in total. The molecule has 0 aliphatic rings. The van der Waals surface area contributed by atoms with Crippen LogP contribution >= 0.6 is 12.0 Å². The standard InChI is InChI=1S/C29H35N3O4S.Na/c1-27(2,3)18-28(4,5)20-15-22(29(6,7)19-11-9-8-10-12-19)26(33)25(16-20)32-30-23-14-13-21(37-36-35-34)17-24(23)31-32;/h8-17,33-34H,18H2,1-7H3;/q;+1/p-1. The van der Waals surface area contributed by atoms with Crippen LogP contribution in [0.15, 0.2) is 65.6 Å². The van der Waals surface area contributed by atoms with Crippen molar-refractivity contribution in [3.8, 4) is 11.4 Å². The second-order valence-corrected chi connectivity index (χ2v) is 12.6. The van der Waals surface area contributed by atoms with Gasteiger partial charge in [-0.1, -0.05) is 84.9 Å². The average Bonchev–Trinajstić information content (AvgIpc) is 3.24. The molecule has 3 aromatic carbocycles. The number of phenols is 1. The zero-order chi connectivity index (χ0) is 27.0. The Kier molecular flexibility index (Phi) is 9.41. The molecule has 0 aliphatic carbocycles. The molecule has 0 unspecified atom stereocenters. The Labute approximate surface area is 250 Å². The topological polar surface area (TPSA) is 92.5 Å². The molecule has 0 bridgehead atoms. The quantitative estimate of drug-likeness (QED) is 0.158. The molecule has 0 radical (unpaired) electrons. The first-order valence-corrected chi connectivity index (χ1v) is 13.0. The summed E-state index contributed by atoms with van der Waals surface area (Å²) < 4.78 is 4.43. The molecule has 4 aromatic rings. The molecule has 0 spiro atoms. The van der Waals surface area contributed by atoms with Crippen LogP contribution in [0.1, 0.15) is 71.6 Å². The molecule has 0 saturated carbocycles. The van der Waals surface area contributed by atoms with E-state index in [1.807, 2.05) is 24.3 Å². The summed E-state index contributed by atoms with van der Waals surface area (Å²) in [5.41, 5.74) is 4.25. The molecule has 7 nitrogen and oxygen atoms in total. The fourth-order valence-corrected chi connectivity index (χ4v) is 5.57. The maximum absolute atomic E-state index is 11.7. The fraction of sp³-hybridized carbons (Fsp3) is 0.379. The smallest absolute Gasteiger partial charge is 0.691 e. The van der Waals surface area contributed by atoms with E-state index in [1.54, 1.807) is 18.2 Å². The van der Waals surface area contributed by atoms with Gasteiger partial charge in [-0.15, -0.1) is 15.0 Å². The monoisotopic (exact) mass is 543 g/mol. The van der Waals surface area contributed by atoms with Crippen LogP contribution in [0.3, 0.4) is 0 Å². The van der Waals surface area contributed by atoms with Gasteiger partial charge in [-0.25, -0.2) is 0 Å². The van der Waals surface area contributed by atoms with Gasteiger partial charge in [-0.3, -0.25) is 5.04 Å². The molecule has 0 fully saturated rings. The van der Waals surface area contributed by atoms with Crippen LogP contribution in [0, 0.1) is 5.41 Å². The summed E-state index contributed by atoms with van der Waals surface area (Å²) in [5.74, 6) is 0.141. The normalized spacial score (nSPS) is 12.5. The van der Waals surface area contributed by atoms with Crippen molar-refractivity contribution in [3.63, 3.8) is 0 Å². The van der Waals surface area contributed by atoms with Gasteiger partial charge in [-0.2, -0.15) is 4.33 Å². The molecule has 196 valence electrons. The third-order valence-electron chi connectivity index (χ3n) is 6.74. The number of fused-ring (bicyclic) bond motifs is 1. The SMILES string of the molecule is CC(C)(C)CC(C)(C)c1cc(-n2nc3ccc(SOO[O-])cc3n2)c(O)c(C(C)(C)c2ccccc2)c1.[Na+]. The summed E-state index contributed by atoms with van der Waals surface area (Å²) >= 11 is 0.797. The van der Waals surface area contributed by atoms with Gasteiger partial charge in [0.2, 0.25) is 0 Å². The van der Waals surface area contributed by atoms with Crippen molar-refractivity contribution >= 4 is 23.1 Å². The Morgan fingerprint density at radius 2 is 1.53 bits per heavy atom. The van der Waals surface area contributed by atoms with Crippen molar-refractivity contribution in [2.45, 2.75) is 70.6 Å². The Hall–Kier alpha value is -1.91. The number of aromatic nitrogens is 3. The summed E-state index contributed by atoms with van der Waals surface area (Å²) in [6.45, 7) is 15.4. The van der Waals surface area contributed by atoms with Gasteiger partial charge in [0.15, 0.2) is 0 Å². The molecule has 0 aliphatic heterocycles. The van der Waals surface area contributed by atoms with Gasteiger partial charge in [0, 0.05) is 15.9 Å². The largest absolute Gasteiger partial charge is 1.00 e. The van der Waals surface area contributed by atoms with E-state index in [1.165, 1.54) is 4.80 Å². The molecule has 4 rings (SSSR count).